The van der Waals surface area contributed by atoms with Gasteiger partial charge in [-0.15, -0.1) is 11.3 Å². The van der Waals surface area contributed by atoms with Crippen molar-refractivity contribution >= 4 is 48.9 Å². The summed E-state index contributed by atoms with van der Waals surface area (Å²) < 4.78 is 34.4. The van der Waals surface area contributed by atoms with E-state index in [4.69, 9.17) is 4.74 Å². The molecule has 3 heterocycles. The van der Waals surface area contributed by atoms with E-state index in [1.807, 2.05) is 11.9 Å². The van der Waals surface area contributed by atoms with Crippen LogP contribution in [0.3, 0.4) is 0 Å². The number of likely N-dealkylation sites (N-methyl/N-ethyl adjacent to an activating group) is 1. The highest BCUT2D eigenvalue weighted by atomic mass is 32.2. The van der Waals surface area contributed by atoms with Gasteiger partial charge in [0.25, 0.3) is 11.2 Å². The van der Waals surface area contributed by atoms with Crippen LogP contribution in [-0.2, 0) is 21.4 Å². The molecule has 1 amide bonds. The Morgan fingerprint density at radius 2 is 1.97 bits per heavy atom. The van der Waals surface area contributed by atoms with Gasteiger partial charge in [-0.1, -0.05) is 0 Å². The summed E-state index contributed by atoms with van der Waals surface area (Å²) in [4.78, 5) is 43.4. The van der Waals surface area contributed by atoms with E-state index in [1.165, 1.54) is 29.9 Å². The molecular weight excluding hydrogens is 512 g/mol. The molecule has 4 rings (SSSR count). The molecular formula is C21H24N6O7S2. The molecule has 0 radical (unpaired) electrons. The van der Waals surface area contributed by atoms with Crippen LogP contribution < -0.4 is 15.6 Å². The number of nitrogens with zero attached hydrogens (tertiary/aromatic N) is 5. The second-order valence-electron chi connectivity index (χ2n) is 8.24. The van der Waals surface area contributed by atoms with Crippen molar-refractivity contribution in [3.63, 3.8) is 0 Å². The molecule has 0 spiro atoms. The first kappa shape index (κ1) is 25.7. The van der Waals surface area contributed by atoms with Crippen LogP contribution in [0.1, 0.15) is 4.88 Å². The maximum absolute atomic E-state index is 13.5. The van der Waals surface area contributed by atoms with Crippen LogP contribution in [0.5, 0.6) is 5.75 Å². The number of nitrogens with one attached hydrogen (secondary N) is 1. The quantitative estimate of drug-likeness (QED) is 0.347. The Bertz CT molecular complexity index is 1510. The maximum atomic E-state index is 13.5. The van der Waals surface area contributed by atoms with Crippen molar-refractivity contribution in [2.24, 2.45) is 0 Å². The third kappa shape index (κ3) is 4.82. The van der Waals surface area contributed by atoms with Crippen molar-refractivity contribution in [1.29, 1.82) is 0 Å². The Labute approximate surface area is 210 Å². The average Bonchev–Trinajstić information content (AvgIpc) is 3.18. The van der Waals surface area contributed by atoms with Gasteiger partial charge < -0.3 is 15.0 Å². The number of non-ortho nitro benzene ring substituents is 1. The number of aromatic nitrogens is 2. The predicted octanol–water partition coefficient (Wildman–Crippen LogP) is 1.26. The SMILES string of the molecule is COc1ccc([N+](=O)[O-])cc1NC(=O)Cn1cnc2sc(C)c(S(=O)(=O)N3CCN(C)CC3)c2c1=O. The first-order chi connectivity index (χ1) is 17.0. The van der Waals surface area contributed by atoms with E-state index in [0.29, 0.717) is 31.1 Å². The molecule has 13 nitrogen and oxygen atoms in total. The van der Waals surface area contributed by atoms with Crippen molar-refractivity contribution < 1.29 is 22.9 Å². The molecule has 0 bridgehead atoms. The molecule has 1 aliphatic rings. The summed E-state index contributed by atoms with van der Waals surface area (Å²) >= 11 is 1.10. The number of methoxy groups -OCH3 is 1. The molecule has 15 heteroatoms. The van der Waals surface area contributed by atoms with Crippen molar-refractivity contribution in [3.8, 4) is 5.75 Å². The molecule has 192 valence electrons. The third-order valence-electron chi connectivity index (χ3n) is 5.84. The number of hydrogen-bond acceptors (Lipinski definition) is 10. The molecule has 1 saturated heterocycles. The number of hydrogen-bond donors (Lipinski definition) is 1. The third-order valence-corrected chi connectivity index (χ3v) is 9.06. The second-order valence-corrected chi connectivity index (χ2v) is 11.3. The number of rotatable bonds is 7. The van der Waals surface area contributed by atoms with Gasteiger partial charge in [0, 0.05) is 43.2 Å². The van der Waals surface area contributed by atoms with Gasteiger partial charge in [-0.3, -0.25) is 24.3 Å². The minimum absolute atomic E-state index is 0.0559. The Balaban J connectivity index is 1.67. The summed E-state index contributed by atoms with van der Waals surface area (Å²) in [6, 6.07) is 3.72. The summed E-state index contributed by atoms with van der Waals surface area (Å²) in [5, 5.41) is 13.5. The largest absolute Gasteiger partial charge is 0.495 e. The van der Waals surface area contributed by atoms with Crippen molar-refractivity contribution in [2.75, 3.05) is 45.7 Å². The number of piperazine rings is 1. The number of nitro groups is 1. The predicted molar refractivity (Wildman–Crippen MR) is 133 cm³/mol. The van der Waals surface area contributed by atoms with E-state index in [-0.39, 0.29) is 32.2 Å². The number of carbonyl (C=O) groups excluding carboxylic acids is 1. The molecule has 2 aromatic heterocycles. The lowest BCUT2D eigenvalue weighted by Gasteiger charge is -2.31. The second kappa shape index (κ2) is 9.93. The number of aryl methyl sites for hydroxylation is 1. The van der Waals surface area contributed by atoms with Crippen LogP contribution in [0, 0.1) is 17.0 Å². The smallest absolute Gasteiger partial charge is 0.271 e. The van der Waals surface area contributed by atoms with Gasteiger partial charge in [0.15, 0.2) is 0 Å². The highest BCUT2D eigenvalue weighted by Crippen LogP contribution is 2.33. The number of anilines is 1. The summed E-state index contributed by atoms with van der Waals surface area (Å²) in [5.74, 6) is -0.476. The molecule has 1 fully saturated rings. The molecule has 1 aromatic carbocycles. The van der Waals surface area contributed by atoms with Crippen molar-refractivity contribution in [3.05, 3.63) is 49.9 Å². The zero-order valence-electron chi connectivity index (χ0n) is 19.8. The van der Waals surface area contributed by atoms with Gasteiger partial charge >= 0.3 is 0 Å². The van der Waals surface area contributed by atoms with Crippen molar-refractivity contribution in [2.45, 2.75) is 18.4 Å². The fraction of sp³-hybridized carbons (Fsp3) is 0.381. The van der Waals surface area contributed by atoms with E-state index < -0.39 is 33.0 Å². The number of nitro benzene ring substituents is 1. The molecule has 0 atom stereocenters. The van der Waals surface area contributed by atoms with Gasteiger partial charge in [-0.2, -0.15) is 4.31 Å². The molecule has 0 unspecified atom stereocenters. The highest BCUT2D eigenvalue weighted by molar-refractivity contribution is 7.89. The monoisotopic (exact) mass is 536 g/mol. The first-order valence-corrected chi connectivity index (χ1v) is 13.1. The Morgan fingerprint density at radius 1 is 1.28 bits per heavy atom. The first-order valence-electron chi connectivity index (χ1n) is 10.8. The number of amides is 1. The zero-order valence-corrected chi connectivity index (χ0v) is 21.4. The Morgan fingerprint density at radius 3 is 2.61 bits per heavy atom. The normalized spacial score (nSPS) is 15.2. The molecule has 0 aliphatic carbocycles. The Hall–Kier alpha value is -3.40. The van der Waals surface area contributed by atoms with E-state index in [0.717, 1.165) is 22.0 Å². The van der Waals surface area contributed by atoms with E-state index in [1.54, 1.807) is 6.92 Å². The van der Waals surface area contributed by atoms with E-state index in [2.05, 4.69) is 10.3 Å². The zero-order chi connectivity index (χ0) is 26.2. The molecule has 36 heavy (non-hydrogen) atoms. The lowest BCUT2D eigenvalue weighted by atomic mass is 10.2. The van der Waals surface area contributed by atoms with Gasteiger partial charge in [-0.05, 0) is 20.0 Å². The minimum atomic E-state index is -3.95. The Kier molecular flexibility index (Phi) is 7.08. The van der Waals surface area contributed by atoms with Crippen molar-refractivity contribution in [1.82, 2.24) is 18.8 Å². The standard InChI is InChI=1S/C21H24N6O7S2/c1-13-19(36(32,33)26-8-6-24(2)7-9-26)18-20(35-13)22-12-25(21(18)29)11-17(28)23-15-10-14(27(30)31)4-5-16(15)34-3/h4-5,10,12H,6-9,11H2,1-3H3,(H,23,28). The number of sulfonamides is 1. The van der Waals surface area contributed by atoms with Crippen LogP contribution in [0.4, 0.5) is 11.4 Å². The van der Waals surface area contributed by atoms with Gasteiger partial charge in [0.2, 0.25) is 15.9 Å². The number of benzene rings is 1. The van der Waals surface area contributed by atoms with Gasteiger partial charge in [0.05, 0.1) is 29.4 Å². The fourth-order valence-electron chi connectivity index (χ4n) is 3.95. The molecule has 0 saturated carbocycles. The number of fused-ring (bicyclic) bond motifs is 1. The lowest BCUT2D eigenvalue weighted by molar-refractivity contribution is -0.384. The number of ether oxygens (including phenoxy) is 1. The van der Waals surface area contributed by atoms with Gasteiger partial charge in [0.1, 0.15) is 22.0 Å². The molecule has 1 aliphatic heterocycles. The summed E-state index contributed by atoms with van der Waals surface area (Å²) in [5.41, 5.74) is -0.861. The number of thiophene rings is 1. The minimum Gasteiger partial charge on any atom is -0.495 e. The van der Waals surface area contributed by atoms with Crippen LogP contribution in [0.25, 0.3) is 10.2 Å². The summed E-state index contributed by atoms with van der Waals surface area (Å²) in [6.45, 7) is 2.89. The van der Waals surface area contributed by atoms with Crippen LogP contribution >= 0.6 is 11.3 Å². The lowest BCUT2D eigenvalue weighted by Crippen LogP contribution is -2.47. The van der Waals surface area contributed by atoms with Gasteiger partial charge in [-0.25, -0.2) is 13.4 Å². The van der Waals surface area contributed by atoms with E-state index >= 15 is 0 Å². The summed E-state index contributed by atoms with van der Waals surface area (Å²) in [7, 11) is -0.698. The summed E-state index contributed by atoms with van der Waals surface area (Å²) in [6.07, 6.45) is 1.18. The molecule has 1 N–H and O–H groups in total. The number of carbonyl (C=O) groups is 1. The van der Waals surface area contributed by atoms with Crippen LogP contribution in [0.2, 0.25) is 0 Å². The highest BCUT2D eigenvalue weighted by Gasteiger charge is 2.33. The average molecular weight is 537 g/mol. The topological polar surface area (TPSA) is 157 Å². The maximum Gasteiger partial charge on any atom is 0.271 e. The van der Waals surface area contributed by atoms with Crippen LogP contribution in [-0.4, -0.2) is 78.3 Å². The van der Waals surface area contributed by atoms with E-state index in [9.17, 15) is 28.1 Å². The van der Waals surface area contributed by atoms with Crippen LogP contribution in [0.15, 0.2) is 34.2 Å². The fourth-order valence-corrected chi connectivity index (χ4v) is 7.03. The molecule has 3 aromatic rings.